The van der Waals surface area contributed by atoms with Gasteiger partial charge in [0.15, 0.2) is 0 Å². The Bertz CT molecular complexity index is 929. The van der Waals surface area contributed by atoms with Gasteiger partial charge in [0.1, 0.15) is 16.8 Å². The van der Waals surface area contributed by atoms with E-state index in [1.54, 1.807) is 0 Å². The Hall–Kier alpha value is -1.58. The fraction of sp³-hybridized carbons (Fsp3) is 0. The van der Waals surface area contributed by atoms with E-state index in [4.69, 9.17) is 34.8 Å². The number of rotatable bonds is 3. The Morgan fingerprint density at radius 3 is 2.43 bits per heavy atom. The van der Waals surface area contributed by atoms with Crippen LogP contribution in [0.4, 0.5) is 4.39 Å². The van der Waals surface area contributed by atoms with Crippen LogP contribution in [0, 0.1) is 17.1 Å². The van der Waals surface area contributed by atoms with Crippen molar-refractivity contribution in [3.8, 4) is 6.07 Å². The Morgan fingerprint density at radius 2 is 1.83 bits per heavy atom. The summed E-state index contributed by atoms with van der Waals surface area (Å²) in [5, 5.41) is 9.20. The number of nitrogens with zero attached hydrogens (tertiary/aromatic N) is 1. The quantitative estimate of drug-likeness (QED) is 0.683. The maximum Gasteiger partial charge on any atom is 0.218 e. The van der Waals surface area contributed by atoms with Crippen molar-refractivity contribution in [3.63, 3.8) is 0 Å². The molecule has 0 heterocycles. The maximum absolute atomic E-state index is 13.8. The second-order valence-corrected chi connectivity index (χ2v) is 7.47. The molecule has 3 nitrogen and oxygen atoms in total. The van der Waals surface area contributed by atoms with Crippen LogP contribution in [0.1, 0.15) is 5.56 Å². The first-order valence-corrected chi connectivity index (χ1v) is 8.65. The van der Waals surface area contributed by atoms with E-state index in [1.807, 2.05) is 0 Å². The molecule has 0 bridgehead atoms. The zero-order chi connectivity index (χ0) is 17.2. The molecule has 0 unspecified atom stereocenters. The van der Waals surface area contributed by atoms with Crippen molar-refractivity contribution in [2.75, 3.05) is 0 Å². The summed E-state index contributed by atoms with van der Waals surface area (Å²) in [6, 6.07) is 9.20. The largest absolute Gasteiger partial charge is 0.218 e. The van der Waals surface area contributed by atoms with Crippen molar-refractivity contribution in [3.05, 3.63) is 67.8 Å². The third kappa shape index (κ3) is 3.67. The summed E-state index contributed by atoms with van der Waals surface area (Å²) in [5.41, 5.74) is -0.201. The molecule has 0 aromatic heterocycles. The van der Waals surface area contributed by atoms with Crippen LogP contribution < -0.4 is 0 Å². The van der Waals surface area contributed by atoms with Crippen LogP contribution in [-0.2, 0) is 9.84 Å². The van der Waals surface area contributed by atoms with Crippen molar-refractivity contribution in [1.82, 2.24) is 0 Å². The lowest BCUT2D eigenvalue weighted by Gasteiger charge is -2.07. The SMILES string of the molecule is N#C/C(=C\c1c(F)cccc1Cl)S(=O)(=O)c1cc(Cl)ccc1Cl. The van der Waals surface area contributed by atoms with E-state index in [0.717, 1.165) is 18.2 Å². The molecular weight excluding hydrogens is 384 g/mol. The minimum absolute atomic E-state index is 0.0230. The molecule has 0 saturated carbocycles. The van der Waals surface area contributed by atoms with Gasteiger partial charge in [-0.1, -0.05) is 40.9 Å². The van der Waals surface area contributed by atoms with Gasteiger partial charge in [0.25, 0.3) is 0 Å². The molecule has 0 N–H and O–H groups in total. The average Bonchev–Trinajstić information content (AvgIpc) is 2.49. The molecule has 0 amide bonds. The van der Waals surface area contributed by atoms with Crippen LogP contribution in [0.5, 0.6) is 0 Å². The van der Waals surface area contributed by atoms with Crippen molar-refractivity contribution in [2.24, 2.45) is 0 Å². The molecule has 0 atom stereocenters. The van der Waals surface area contributed by atoms with Crippen LogP contribution >= 0.6 is 34.8 Å². The van der Waals surface area contributed by atoms with Gasteiger partial charge in [0.2, 0.25) is 9.84 Å². The Labute approximate surface area is 147 Å². The number of allylic oxidation sites excluding steroid dienone is 1. The minimum Gasteiger partial charge on any atom is -0.218 e. The molecule has 0 aliphatic rings. The monoisotopic (exact) mass is 389 g/mol. The first kappa shape index (κ1) is 17.8. The molecule has 23 heavy (non-hydrogen) atoms. The van der Waals surface area contributed by atoms with Gasteiger partial charge < -0.3 is 0 Å². The van der Waals surface area contributed by atoms with E-state index in [2.05, 4.69) is 0 Å². The average molecular weight is 391 g/mol. The van der Waals surface area contributed by atoms with E-state index in [9.17, 15) is 18.1 Å². The van der Waals surface area contributed by atoms with Crippen LogP contribution in [0.25, 0.3) is 6.08 Å². The third-order valence-electron chi connectivity index (χ3n) is 2.86. The minimum atomic E-state index is -4.28. The van der Waals surface area contributed by atoms with E-state index in [1.165, 1.54) is 30.3 Å². The summed E-state index contributed by atoms with van der Waals surface area (Å²) in [6.45, 7) is 0. The number of sulfone groups is 1. The normalized spacial score (nSPS) is 12.0. The zero-order valence-electron chi connectivity index (χ0n) is 11.2. The predicted octanol–water partition coefficient (Wildman–Crippen LogP) is 5.12. The predicted molar refractivity (Wildman–Crippen MR) is 88.6 cm³/mol. The third-order valence-corrected chi connectivity index (χ3v) is 5.57. The highest BCUT2D eigenvalue weighted by Crippen LogP contribution is 2.31. The summed E-state index contributed by atoms with van der Waals surface area (Å²) in [4.78, 5) is -1.04. The molecule has 0 fully saturated rings. The molecule has 2 aromatic carbocycles. The van der Waals surface area contributed by atoms with Crippen LogP contribution in [0.2, 0.25) is 15.1 Å². The molecule has 0 radical (unpaired) electrons. The van der Waals surface area contributed by atoms with E-state index < -0.39 is 20.6 Å². The van der Waals surface area contributed by atoms with Crippen molar-refractivity contribution in [2.45, 2.75) is 4.90 Å². The summed E-state index contributed by atoms with van der Waals surface area (Å²) in [5.74, 6) is -0.752. The highest BCUT2D eigenvalue weighted by atomic mass is 35.5. The molecule has 8 heteroatoms. The molecule has 2 aromatic rings. The number of nitriles is 1. The fourth-order valence-electron chi connectivity index (χ4n) is 1.75. The van der Waals surface area contributed by atoms with Gasteiger partial charge in [-0.2, -0.15) is 5.26 Å². The molecular formula is C15H7Cl3FNO2S. The smallest absolute Gasteiger partial charge is 0.218 e. The van der Waals surface area contributed by atoms with Crippen molar-refractivity contribution in [1.29, 1.82) is 5.26 Å². The van der Waals surface area contributed by atoms with Gasteiger partial charge in [-0.3, -0.25) is 0 Å². The van der Waals surface area contributed by atoms with E-state index in [0.29, 0.717) is 0 Å². The summed E-state index contributed by atoms with van der Waals surface area (Å²) < 4.78 is 38.9. The molecule has 0 aliphatic carbocycles. The standard InChI is InChI=1S/C15H7Cl3FNO2S/c16-9-4-5-13(18)15(6-9)23(21,22)10(8-20)7-11-12(17)2-1-3-14(11)19/h1-7H/b10-7+. The number of benzene rings is 2. The van der Waals surface area contributed by atoms with Gasteiger partial charge in [-0.15, -0.1) is 0 Å². The van der Waals surface area contributed by atoms with Gasteiger partial charge >= 0.3 is 0 Å². The van der Waals surface area contributed by atoms with Gasteiger partial charge in [0, 0.05) is 10.6 Å². The van der Waals surface area contributed by atoms with Crippen molar-refractivity contribution < 1.29 is 12.8 Å². The summed E-state index contributed by atoms with van der Waals surface area (Å²) in [6.07, 6.45) is 0.865. The topological polar surface area (TPSA) is 57.9 Å². The lowest BCUT2D eigenvalue weighted by molar-refractivity contribution is 0.603. The molecule has 0 spiro atoms. The van der Waals surface area contributed by atoms with E-state index in [-0.39, 0.29) is 25.5 Å². The lowest BCUT2D eigenvalue weighted by atomic mass is 10.2. The van der Waals surface area contributed by atoms with Crippen LogP contribution in [0.3, 0.4) is 0 Å². The lowest BCUT2D eigenvalue weighted by Crippen LogP contribution is -2.05. The first-order chi connectivity index (χ1) is 10.8. The summed E-state index contributed by atoms with van der Waals surface area (Å²) >= 11 is 17.5. The molecule has 0 saturated heterocycles. The highest BCUT2D eigenvalue weighted by molar-refractivity contribution is 7.95. The van der Waals surface area contributed by atoms with Crippen LogP contribution in [0.15, 0.2) is 46.2 Å². The molecule has 2 rings (SSSR count). The van der Waals surface area contributed by atoms with Crippen LogP contribution in [-0.4, -0.2) is 8.42 Å². The zero-order valence-corrected chi connectivity index (χ0v) is 14.3. The van der Waals surface area contributed by atoms with Crippen molar-refractivity contribution >= 4 is 50.7 Å². The first-order valence-electron chi connectivity index (χ1n) is 6.03. The highest BCUT2D eigenvalue weighted by Gasteiger charge is 2.25. The molecule has 118 valence electrons. The Morgan fingerprint density at radius 1 is 1.13 bits per heavy atom. The second-order valence-electron chi connectivity index (χ2n) is 4.33. The number of hydrogen-bond acceptors (Lipinski definition) is 3. The number of hydrogen-bond donors (Lipinski definition) is 0. The number of halogens is 4. The summed E-state index contributed by atoms with van der Waals surface area (Å²) in [7, 11) is -4.28. The van der Waals surface area contributed by atoms with Gasteiger partial charge in [0.05, 0.1) is 14.9 Å². The molecule has 0 aliphatic heterocycles. The second kappa shape index (κ2) is 6.90. The fourth-order valence-corrected chi connectivity index (χ4v) is 3.86. The maximum atomic E-state index is 13.8. The van der Waals surface area contributed by atoms with Gasteiger partial charge in [-0.25, -0.2) is 12.8 Å². The van der Waals surface area contributed by atoms with Gasteiger partial charge in [-0.05, 0) is 36.4 Å². The Balaban J connectivity index is 2.68. The van der Waals surface area contributed by atoms with E-state index >= 15 is 0 Å². The Kier molecular flexibility index (Phi) is 5.33.